The number of hydrogen-bond acceptors (Lipinski definition) is 1. The molecule has 0 aliphatic carbocycles. The lowest BCUT2D eigenvalue weighted by Crippen LogP contribution is -2.35. The molecule has 0 aliphatic heterocycles. The molecule has 39 heavy (non-hydrogen) atoms. The first-order chi connectivity index (χ1) is 19.2. The van der Waals surface area contributed by atoms with Crippen molar-refractivity contribution in [3.05, 3.63) is 0 Å². The van der Waals surface area contributed by atoms with Gasteiger partial charge in [-0.15, -0.1) is 0 Å². The Labute approximate surface area is 250 Å². The Morgan fingerprint density at radius 2 is 0.564 bits per heavy atom. The minimum atomic E-state index is 0.939. The lowest BCUT2D eigenvalue weighted by Gasteiger charge is -2.31. The molecule has 1 heteroatoms. The van der Waals surface area contributed by atoms with E-state index < -0.39 is 0 Å². The molecule has 0 aliphatic rings. The first kappa shape index (κ1) is 39.0. The molecular formula is C38H79N. The molecule has 0 aromatic carbocycles. The third kappa shape index (κ3) is 27.9. The van der Waals surface area contributed by atoms with Crippen molar-refractivity contribution >= 4 is 0 Å². The summed E-state index contributed by atoms with van der Waals surface area (Å²) >= 11 is 0. The highest BCUT2D eigenvalue weighted by Crippen LogP contribution is 2.24. The molecule has 2 atom stereocenters. The summed E-state index contributed by atoms with van der Waals surface area (Å²) in [5.74, 6) is 1.88. The van der Waals surface area contributed by atoms with Crippen LogP contribution >= 0.6 is 0 Å². The molecule has 236 valence electrons. The third-order valence-electron chi connectivity index (χ3n) is 9.22. The van der Waals surface area contributed by atoms with Gasteiger partial charge in [-0.05, 0) is 50.5 Å². The maximum atomic E-state index is 3.00. The summed E-state index contributed by atoms with van der Waals surface area (Å²) < 4.78 is 0. The second kappa shape index (κ2) is 32.5. The predicted octanol–water partition coefficient (Wildman–Crippen LogP) is 13.5. The average molecular weight is 550 g/mol. The van der Waals surface area contributed by atoms with Crippen molar-refractivity contribution in [2.24, 2.45) is 11.8 Å². The zero-order valence-corrected chi connectivity index (χ0v) is 28.5. The van der Waals surface area contributed by atoms with Crippen LogP contribution in [0.15, 0.2) is 0 Å². The van der Waals surface area contributed by atoms with Gasteiger partial charge in [-0.1, -0.05) is 182 Å². The minimum absolute atomic E-state index is 0.939. The van der Waals surface area contributed by atoms with E-state index in [0.29, 0.717) is 0 Å². The molecular weight excluding hydrogens is 470 g/mol. The molecule has 0 spiro atoms. The van der Waals surface area contributed by atoms with E-state index in [1.807, 2.05) is 0 Å². The quantitative estimate of drug-likeness (QED) is 0.0736. The van der Waals surface area contributed by atoms with Crippen molar-refractivity contribution in [2.75, 3.05) is 19.6 Å². The van der Waals surface area contributed by atoms with Gasteiger partial charge < -0.3 is 4.90 Å². The molecule has 0 aromatic rings. The Bertz CT molecular complexity index is 398. The summed E-state index contributed by atoms with van der Waals surface area (Å²) in [6.07, 6.45) is 40.4. The van der Waals surface area contributed by atoms with E-state index in [0.717, 1.165) is 11.8 Å². The van der Waals surface area contributed by atoms with Crippen LogP contribution in [0.5, 0.6) is 0 Å². The topological polar surface area (TPSA) is 3.24 Å². The second-order valence-electron chi connectivity index (χ2n) is 13.4. The molecule has 0 radical (unpaired) electrons. The van der Waals surface area contributed by atoms with Crippen molar-refractivity contribution in [3.63, 3.8) is 0 Å². The van der Waals surface area contributed by atoms with Crippen molar-refractivity contribution in [3.8, 4) is 0 Å². The summed E-state index contributed by atoms with van der Waals surface area (Å²) in [6, 6.07) is 0. The van der Waals surface area contributed by atoms with Gasteiger partial charge in [0.1, 0.15) is 0 Å². The molecule has 0 saturated carbocycles. The van der Waals surface area contributed by atoms with Crippen LogP contribution in [0.4, 0.5) is 0 Å². The molecule has 0 amide bonds. The maximum absolute atomic E-state index is 3.00. The van der Waals surface area contributed by atoms with E-state index in [2.05, 4.69) is 39.5 Å². The lowest BCUT2D eigenvalue weighted by atomic mass is 9.91. The lowest BCUT2D eigenvalue weighted by molar-refractivity contribution is 0.170. The summed E-state index contributed by atoms with van der Waals surface area (Å²) in [4.78, 5) is 3.00. The van der Waals surface area contributed by atoms with Crippen molar-refractivity contribution in [2.45, 2.75) is 214 Å². The average Bonchev–Trinajstić information content (AvgIpc) is 2.94. The minimum Gasteiger partial charge on any atom is -0.303 e. The van der Waals surface area contributed by atoms with Crippen LogP contribution in [0.2, 0.25) is 0 Å². The van der Waals surface area contributed by atoms with Gasteiger partial charge in [-0.25, -0.2) is 0 Å². The Kier molecular flexibility index (Phi) is 32.4. The summed E-state index contributed by atoms with van der Waals surface area (Å²) in [6.45, 7) is 15.9. The molecule has 1 nitrogen and oxygen atoms in total. The van der Waals surface area contributed by atoms with Crippen molar-refractivity contribution < 1.29 is 0 Å². The third-order valence-corrected chi connectivity index (χ3v) is 9.22. The predicted molar refractivity (Wildman–Crippen MR) is 181 cm³/mol. The van der Waals surface area contributed by atoms with E-state index in [9.17, 15) is 0 Å². The highest BCUT2D eigenvalue weighted by atomic mass is 15.1. The Balaban J connectivity index is 5.10. The molecule has 0 heterocycles. The van der Waals surface area contributed by atoms with E-state index in [4.69, 9.17) is 0 Å². The normalized spacial score (nSPS) is 13.4. The fourth-order valence-corrected chi connectivity index (χ4v) is 6.55. The molecule has 0 N–H and O–H groups in total. The number of hydrogen-bond donors (Lipinski definition) is 0. The summed E-state index contributed by atoms with van der Waals surface area (Å²) in [7, 11) is 0. The zero-order valence-electron chi connectivity index (χ0n) is 28.5. The molecule has 2 unspecified atom stereocenters. The van der Waals surface area contributed by atoms with E-state index >= 15 is 0 Å². The van der Waals surface area contributed by atoms with E-state index in [-0.39, 0.29) is 0 Å². The summed E-state index contributed by atoms with van der Waals surface area (Å²) in [5, 5.41) is 0. The van der Waals surface area contributed by atoms with Crippen LogP contribution in [0.1, 0.15) is 214 Å². The van der Waals surface area contributed by atoms with Gasteiger partial charge in [-0.2, -0.15) is 0 Å². The van der Waals surface area contributed by atoms with Crippen LogP contribution in [0.25, 0.3) is 0 Å². The van der Waals surface area contributed by atoms with Gasteiger partial charge in [0.25, 0.3) is 0 Å². The van der Waals surface area contributed by atoms with Crippen LogP contribution in [0, 0.1) is 11.8 Å². The van der Waals surface area contributed by atoms with Crippen LogP contribution in [-0.4, -0.2) is 24.5 Å². The molecule has 0 fully saturated rings. The molecule has 0 aromatic heterocycles. The Hall–Kier alpha value is -0.0400. The molecule has 0 rings (SSSR count). The number of nitrogens with zero attached hydrogens (tertiary/aromatic N) is 1. The standard InChI is InChI=1S/C38H79N/c1-6-11-16-21-23-27-32-37(30-25-18-13-8-3)35-39(34-29-20-15-10-5)36-38(31-26-19-14-9-4)33-28-24-22-17-12-7-2/h37-38H,6-36H2,1-5H3. The van der Waals surface area contributed by atoms with Crippen LogP contribution < -0.4 is 0 Å². The van der Waals surface area contributed by atoms with Gasteiger partial charge in [-0.3, -0.25) is 0 Å². The fraction of sp³-hybridized carbons (Fsp3) is 1.00. The highest BCUT2D eigenvalue weighted by molar-refractivity contribution is 4.72. The monoisotopic (exact) mass is 550 g/mol. The number of unbranched alkanes of at least 4 members (excludes halogenated alkanes) is 19. The van der Waals surface area contributed by atoms with Crippen molar-refractivity contribution in [1.82, 2.24) is 4.90 Å². The maximum Gasteiger partial charge on any atom is 0.000977 e. The first-order valence-corrected chi connectivity index (χ1v) is 18.9. The molecule has 0 bridgehead atoms. The van der Waals surface area contributed by atoms with Gasteiger partial charge in [0.05, 0.1) is 0 Å². The van der Waals surface area contributed by atoms with E-state index in [1.165, 1.54) is 199 Å². The van der Waals surface area contributed by atoms with Crippen molar-refractivity contribution in [1.29, 1.82) is 0 Å². The van der Waals surface area contributed by atoms with Gasteiger partial charge in [0, 0.05) is 13.1 Å². The number of rotatable bonds is 33. The Morgan fingerprint density at radius 3 is 0.897 bits per heavy atom. The smallest absolute Gasteiger partial charge is 0.000977 e. The first-order valence-electron chi connectivity index (χ1n) is 18.9. The molecule has 0 saturated heterocycles. The van der Waals surface area contributed by atoms with Gasteiger partial charge in [0.15, 0.2) is 0 Å². The van der Waals surface area contributed by atoms with E-state index in [1.54, 1.807) is 0 Å². The summed E-state index contributed by atoms with van der Waals surface area (Å²) in [5.41, 5.74) is 0. The Morgan fingerprint density at radius 1 is 0.308 bits per heavy atom. The van der Waals surface area contributed by atoms with Crippen LogP contribution in [0.3, 0.4) is 0 Å². The fourth-order valence-electron chi connectivity index (χ4n) is 6.55. The highest BCUT2D eigenvalue weighted by Gasteiger charge is 2.18. The largest absolute Gasteiger partial charge is 0.303 e. The SMILES string of the molecule is CCCCCCCCC(CCCCCC)CN(CCCCCC)CC(CCCCCC)CCCCCCCC. The van der Waals surface area contributed by atoms with Gasteiger partial charge >= 0.3 is 0 Å². The van der Waals surface area contributed by atoms with Crippen LogP contribution in [-0.2, 0) is 0 Å². The zero-order chi connectivity index (χ0) is 28.7. The second-order valence-corrected chi connectivity index (χ2v) is 13.4. The van der Waals surface area contributed by atoms with Gasteiger partial charge in [0.2, 0.25) is 0 Å².